The Balaban J connectivity index is 1.82. The zero-order valence-corrected chi connectivity index (χ0v) is 17.0. The highest BCUT2D eigenvalue weighted by Crippen LogP contribution is 2.27. The summed E-state index contributed by atoms with van der Waals surface area (Å²) in [6, 6.07) is 0.232. The number of nitrogens with one attached hydrogen (secondary N) is 1. The first-order valence-corrected chi connectivity index (χ1v) is 10.3. The lowest BCUT2D eigenvalue weighted by Crippen LogP contribution is -2.49. The summed E-state index contributed by atoms with van der Waals surface area (Å²) in [7, 11) is 0. The molecular weight excluding hydrogens is 328 g/mol. The molecule has 1 unspecified atom stereocenters. The molecule has 0 bridgehead atoms. The maximum Gasteiger partial charge on any atom is 0.407 e. The van der Waals surface area contributed by atoms with E-state index < -0.39 is 5.60 Å². The lowest BCUT2D eigenvalue weighted by molar-refractivity contribution is 0.0414. The highest BCUT2D eigenvalue weighted by Gasteiger charge is 2.31. The molecule has 5 heteroatoms. The highest BCUT2D eigenvalue weighted by atomic mass is 16.6. The standard InChI is InChI=1S/C21H38N2O3/c1-5-13-25-16-17-9-8-12-23(14-17)15-18-10-6-7-11-19(18)22-20(24)26-21(2,3)4/h5,17-19H,1,6-16H2,2-4H3,(H,22,24)/t17?,18-,19+/m0/s1. The van der Waals surface area contributed by atoms with Gasteiger partial charge in [-0.25, -0.2) is 4.79 Å². The van der Waals surface area contributed by atoms with Crippen LogP contribution in [0.4, 0.5) is 4.79 Å². The zero-order chi connectivity index (χ0) is 19.0. The maximum atomic E-state index is 12.2. The van der Waals surface area contributed by atoms with Crippen molar-refractivity contribution in [2.75, 3.05) is 32.8 Å². The number of piperidine rings is 1. The first-order valence-electron chi connectivity index (χ1n) is 10.3. The smallest absolute Gasteiger partial charge is 0.407 e. The molecule has 2 rings (SSSR count). The summed E-state index contributed by atoms with van der Waals surface area (Å²) in [6.07, 6.45) is 8.72. The second-order valence-electron chi connectivity index (χ2n) is 8.89. The Kier molecular flexibility index (Phi) is 8.42. The molecule has 2 fully saturated rings. The third-order valence-corrected chi connectivity index (χ3v) is 5.30. The minimum Gasteiger partial charge on any atom is -0.444 e. The van der Waals surface area contributed by atoms with Crippen molar-refractivity contribution in [3.63, 3.8) is 0 Å². The molecule has 0 spiro atoms. The van der Waals surface area contributed by atoms with Crippen LogP contribution in [0.15, 0.2) is 12.7 Å². The molecule has 26 heavy (non-hydrogen) atoms. The molecule has 2 aliphatic rings. The lowest BCUT2D eigenvalue weighted by atomic mass is 9.83. The molecule has 1 saturated heterocycles. The number of rotatable bonds is 7. The molecule has 5 nitrogen and oxygen atoms in total. The predicted molar refractivity (Wildman–Crippen MR) is 105 cm³/mol. The van der Waals surface area contributed by atoms with Crippen LogP contribution >= 0.6 is 0 Å². The van der Waals surface area contributed by atoms with Crippen molar-refractivity contribution >= 4 is 6.09 Å². The SMILES string of the molecule is C=CCOCC1CCCN(C[C@@H]2CCCC[C@H]2NC(=O)OC(C)(C)C)C1. The molecule has 1 saturated carbocycles. The van der Waals surface area contributed by atoms with Gasteiger partial charge < -0.3 is 19.7 Å². The van der Waals surface area contributed by atoms with E-state index in [4.69, 9.17) is 9.47 Å². The number of alkyl carbamates (subject to hydrolysis) is 1. The van der Waals surface area contributed by atoms with Crippen molar-refractivity contribution in [2.45, 2.75) is 70.9 Å². The lowest BCUT2D eigenvalue weighted by Gasteiger charge is -2.39. The fraction of sp³-hybridized carbons (Fsp3) is 0.857. The van der Waals surface area contributed by atoms with Crippen molar-refractivity contribution in [1.82, 2.24) is 10.2 Å². The fourth-order valence-electron chi connectivity index (χ4n) is 4.18. The summed E-state index contributed by atoms with van der Waals surface area (Å²) in [5.41, 5.74) is -0.445. The van der Waals surface area contributed by atoms with Crippen molar-refractivity contribution < 1.29 is 14.3 Å². The summed E-state index contributed by atoms with van der Waals surface area (Å²) in [5, 5.41) is 3.14. The molecule has 1 N–H and O–H groups in total. The molecule has 0 aromatic carbocycles. The quantitative estimate of drug-likeness (QED) is 0.547. The molecule has 1 aliphatic carbocycles. The Morgan fingerprint density at radius 2 is 2.00 bits per heavy atom. The molecule has 150 valence electrons. The van der Waals surface area contributed by atoms with Gasteiger partial charge in [0.25, 0.3) is 0 Å². The highest BCUT2D eigenvalue weighted by molar-refractivity contribution is 5.68. The van der Waals surface area contributed by atoms with Gasteiger partial charge in [0.1, 0.15) is 5.60 Å². The molecule has 0 aromatic heterocycles. The topological polar surface area (TPSA) is 50.8 Å². The van der Waals surface area contributed by atoms with Gasteiger partial charge in [-0.15, -0.1) is 6.58 Å². The molecule has 1 amide bonds. The van der Waals surface area contributed by atoms with Gasteiger partial charge in [0.15, 0.2) is 0 Å². The Morgan fingerprint density at radius 3 is 2.73 bits per heavy atom. The van der Waals surface area contributed by atoms with Crippen LogP contribution in [0.1, 0.15) is 59.3 Å². The number of carbonyl (C=O) groups excluding carboxylic acids is 1. The van der Waals surface area contributed by atoms with Crippen LogP contribution < -0.4 is 5.32 Å². The van der Waals surface area contributed by atoms with Gasteiger partial charge in [-0.3, -0.25) is 0 Å². The second-order valence-corrected chi connectivity index (χ2v) is 8.89. The van der Waals surface area contributed by atoms with Gasteiger partial charge in [-0.1, -0.05) is 18.9 Å². The number of amides is 1. The van der Waals surface area contributed by atoms with Crippen LogP contribution in [0.2, 0.25) is 0 Å². The summed E-state index contributed by atoms with van der Waals surface area (Å²) in [4.78, 5) is 14.8. The van der Waals surface area contributed by atoms with E-state index >= 15 is 0 Å². The van der Waals surface area contributed by atoms with Crippen molar-refractivity contribution in [3.05, 3.63) is 12.7 Å². The maximum absolute atomic E-state index is 12.2. The van der Waals surface area contributed by atoms with Crippen LogP contribution in [0.3, 0.4) is 0 Å². The van der Waals surface area contributed by atoms with Gasteiger partial charge in [-0.05, 0) is 64.8 Å². The van der Waals surface area contributed by atoms with Crippen molar-refractivity contribution in [1.29, 1.82) is 0 Å². The van der Waals surface area contributed by atoms with Gasteiger partial charge in [0.05, 0.1) is 13.2 Å². The average Bonchev–Trinajstić information content (AvgIpc) is 2.56. The van der Waals surface area contributed by atoms with E-state index in [9.17, 15) is 4.79 Å². The van der Waals surface area contributed by atoms with Gasteiger partial charge in [-0.2, -0.15) is 0 Å². The van der Waals surface area contributed by atoms with E-state index in [1.165, 1.54) is 32.1 Å². The number of carbonyl (C=O) groups is 1. The minimum atomic E-state index is -0.445. The summed E-state index contributed by atoms with van der Waals surface area (Å²) in [6.45, 7) is 14.2. The second kappa shape index (κ2) is 10.3. The first-order chi connectivity index (χ1) is 12.4. The Morgan fingerprint density at radius 1 is 1.23 bits per heavy atom. The van der Waals surface area contributed by atoms with Crippen LogP contribution in [-0.4, -0.2) is 55.5 Å². The van der Waals surface area contributed by atoms with E-state index in [2.05, 4.69) is 16.8 Å². The Hall–Kier alpha value is -1.07. The van der Waals surface area contributed by atoms with Crippen LogP contribution in [0, 0.1) is 11.8 Å². The Labute approximate surface area is 159 Å². The summed E-state index contributed by atoms with van der Waals surface area (Å²) < 4.78 is 11.1. The summed E-state index contributed by atoms with van der Waals surface area (Å²) >= 11 is 0. The van der Waals surface area contributed by atoms with E-state index in [0.717, 1.165) is 32.7 Å². The largest absolute Gasteiger partial charge is 0.444 e. The fourth-order valence-corrected chi connectivity index (χ4v) is 4.18. The minimum absolute atomic E-state index is 0.232. The Bertz CT molecular complexity index is 447. The molecule has 1 aliphatic heterocycles. The molecular formula is C21H38N2O3. The van der Waals surface area contributed by atoms with Crippen LogP contribution in [0.5, 0.6) is 0 Å². The van der Waals surface area contributed by atoms with E-state index in [1.54, 1.807) is 0 Å². The molecule has 3 atom stereocenters. The number of likely N-dealkylation sites (tertiary alicyclic amines) is 1. The van der Waals surface area contributed by atoms with Gasteiger partial charge in [0, 0.05) is 19.1 Å². The number of nitrogens with zero attached hydrogens (tertiary/aromatic N) is 1. The van der Waals surface area contributed by atoms with Gasteiger partial charge >= 0.3 is 6.09 Å². The third kappa shape index (κ3) is 7.67. The van der Waals surface area contributed by atoms with E-state index in [-0.39, 0.29) is 12.1 Å². The monoisotopic (exact) mass is 366 g/mol. The van der Waals surface area contributed by atoms with Crippen LogP contribution in [-0.2, 0) is 9.47 Å². The average molecular weight is 367 g/mol. The van der Waals surface area contributed by atoms with Crippen LogP contribution in [0.25, 0.3) is 0 Å². The normalized spacial score (nSPS) is 27.7. The summed E-state index contributed by atoms with van der Waals surface area (Å²) in [5.74, 6) is 1.13. The van der Waals surface area contributed by atoms with Gasteiger partial charge in [0.2, 0.25) is 0 Å². The zero-order valence-electron chi connectivity index (χ0n) is 17.0. The predicted octanol–water partition coefficient (Wildman–Crippen LogP) is 3.98. The number of hydrogen-bond acceptors (Lipinski definition) is 4. The third-order valence-electron chi connectivity index (χ3n) is 5.30. The number of hydrogen-bond donors (Lipinski definition) is 1. The number of ether oxygens (including phenoxy) is 2. The van der Waals surface area contributed by atoms with Crippen molar-refractivity contribution in [3.8, 4) is 0 Å². The molecule has 1 heterocycles. The van der Waals surface area contributed by atoms with E-state index in [0.29, 0.717) is 18.4 Å². The van der Waals surface area contributed by atoms with Crippen molar-refractivity contribution in [2.24, 2.45) is 11.8 Å². The first kappa shape index (κ1) is 21.2. The van der Waals surface area contributed by atoms with E-state index in [1.807, 2.05) is 26.8 Å². The molecule has 0 radical (unpaired) electrons. The molecule has 0 aromatic rings.